The lowest BCUT2D eigenvalue weighted by Gasteiger charge is -2.21. The third-order valence-electron chi connectivity index (χ3n) is 4.37. The zero-order valence-electron chi connectivity index (χ0n) is 13.4. The van der Waals surface area contributed by atoms with Crippen molar-refractivity contribution in [1.29, 1.82) is 0 Å². The summed E-state index contributed by atoms with van der Waals surface area (Å²) in [4.78, 5) is 4.89. The first-order chi connectivity index (χ1) is 10.8. The summed E-state index contributed by atoms with van der Waals surface area (Å²) in [6.45, 7) is 2.45. The highest BCUT2D eigenvalue weighted by Gasteiger charge is 2.18. The summed E-state index contributed by atoms with van der Waals surface area (Å²) < 4.78 is 10.5. The van der Waals surface area contributed by atoms with Gasteiger partial charge in [-0.05, 0) is 55.0 Å². The lowest BCUT2D eigenvalue weighted by atomic mass is 9.89. The highest BCUT2D eigenvalue weighted by molar-refractivity contribution is 5.85. The number of hydrogen-bond acceptors (Lipinski definition) is 4. The molecule has 0 saturated carbocycles. The van der Waals surface area contributed by atoms with Gasteiger partial charge in [0.15, 0.2) is 0 Å². The van der Waals surface area contributed by atoms with Crippen LogP contribution in [0.1, 0.15) is 29.7 Å². The van der Waals surface area contributed by atoms with Gasteiger partial charge in [-0.25, -0.2) is 0 Å². The third-order valence-corrected chi connectivity index (χ3v) is 4.37. The Kier molecular flexibility index (Phi) is 4.90. The standard InChI is InChI=1S/C18H24N2O2/c1-21-10-9-19-12-16-14-5-3-4-6-17(14)20-18-8-7-13(22-2)11-15(16)18/h7-8,11,19H,3-6,9-10,12H2,1-2H3. The van der Waals surface area contributed by atoms with Crippen LogP contribution in [0.4, 0.5) is 0 Å². The normalized spacial score (nSPS) is 14.1. The van der Waals surface area contributed by atoms with E-state index in [0.29, 0.717) is 0 Å². The van der Waals surface area contributed by atoms with Crippen molar-refractivity contribution in [1.82, 2.24) is 10.3 Å². The average Bonchev–Trinajstić information content (AvgIpc) is 2.57. The van der Waals surface area contributed by atoms with Crippen molar-refractivity contribution < 1.29 is 9.47 Å². The molecule has 1 aromatic heterocycles. The zero-order chi connectivity index (χ0) is 15.4. The van der Waals surface area contributed by atoms with E-state index >= 15 is 0 Å². The molecule has 0 aliphatic heterocycles. The molecular formula is C18H24N2O2. The second-order valence-electron chi connectivity index (χ2n) is 5.78. The van der Waals surface area contributed by atoms with Crippen molar-refractivity contribution >= 4 is 10.9 Å². The van der Waals surface area contributed by atoms with Crippen LogP contribution in [0.15, 0.2) is 18.2 Å². The number of aromatic nitrogens is 1. The minimum atomic E-state index is 0.731. The number of rotatable bonds is 6. The topological polar surface area (TPSA) is 43.4 Å². The van der Waals surface area contributed by atoms with Gasteiger partial charge >= 0.3 is 0 Å². The summed E-state index contributed by atoms with van der Waals surface area (Å²) in [5.74, 6) is 0.892. The fourth-order valence-corrected chi connectivity index (χ4v) is 3.22. The van der Waals surface area contributed by atoms with Gasteiger partial charge in [-0.15, -0.1) is 0 Å². The number of ether oxygens (including phenoxy) is 2. The largest absolute Gasteiger partial charge is 0.497 e. The van der Waals surface area contributed by atoms with Crippen molar-refractivity contribution in [2.75, 3.05) is 27.4 Å². The molecule has 118 valence electrons. The molecule has 3 rings (SSSR count). The maximum Gasteiger partial charge on any atom is 0.119 e. The molecule has 0 radical (unpaired) electrons. The first-order valence-electron chi connectivity index (χ1n) is 8.01. The molecule has 0 spiro atoms. The molecule has 0 unspecified atom stereocenters. The fraction of sp³-hybridized carbons (Fsp3) is 0.500. The molecule has 1 aliphatic rings. The molecule has 4 heteroatoms. The number of nitrogens with one attached hydrogen (secondary N) is 1. The van der Waals surface area contributed by atoms with Gasteiger partial charge in [-0.3, -0.25) is 4.98 Å². The maximum absolute atomic E-state index is 5.40. The second kappa shape index (κ2) is 7.07. The fourth-order valence-electron chi connectivity index (χ4n) is 3.22. The van der Waals surface area contributed by atoms with E-state index in [1.807, 2.05) is 6.07 Å². The van der Waals surface area contributed by atoms with Crippen LogP contribution in [0, 0.1) is 0 Å². The molecular weight excluding hydrogens is 276 g/mol. The highest BCUT2D eigenvalue weighted by atomic mass is 16.5. The van der Waals surface area contributed by atoms with Gasteiger partial charge in [0.2, 0.25) is 0 Å². The van der Waals surface area contributed by atoms with Gasteiger partial charge in [0.05, 0.1) is 19.2 Å². The monoisotopic (exact) mass is 300 g/mol. The smallest absolute Gasteiger partial charge is 0.119 e. The van der Waals surface area contributed by atoms with E-state index in [0.717, 1.165) is 43.8 Å². The highest BCUT2D eigenvalue weighted by Crippen LogP contribution is 2.31. The third kappa shape index (κ3) is 3.08. The van der Waals surface area contributed by atoms with Crippen molar-refractivity contribution in [3.05, 3.63) is 35.0 Å². The molecule has 1 aliphatic carbocycles. The Labute approximate surface area is 131 Å². The minimum absolute atomic E-state index is 0.731. The summed E-state index contributed by atoms with van der Waals surface area (Å²) in [5, 5.41) is 4.70. The molecule has 22 heavy (non-hydrogen) atoms. The summed E-state index contributed by atoms with van der Waals surface area (Å²) in [6, 6.07) is 6.18. The van der Waals surface area contributed by atoms with Crippen LogP contribution in [0.5, 0.6) is 5.75 Å². The van der Waals surface area contributed by atoms with Gasteiger partial charge in [0.25, 0.3) is 0 Å². The molecule has 1 N–H and O–H groups in total. The van der Waals surface area contributed by atoms with Crippen LogP contribution in [-0.4, -0.2) is 32.4 Å². The van der Waals surface area contributed by atoms with Crippen LogP contribution in [0.2, 0.25) is 0 Å². The van der Waals surface area contributed by atoms with Crippen LogP contribution in [0.3, 0.4) is 0 Å². The Morgan fingerprint density at radius 3 is 2.86 bits per heavy atom. The first-order valence-corrected chi connectivity index (χ1v) is 8.01. The number of hydrogen-bond donors (Lipinski definition) is 1. The lowest BCUT2D eigenvalue weighted by molar-refractivity contribution is 0.199. The molecule has 1 heterocycles. The average molecular weight is 300 g/mol. The summed E-state index contributed by atoms with van der Waals surface area (Å²) >= 11 is 0. The number of aryl methyl sites for hydroxylation is 1. The zero-order valence-corrected chi connectivity index (χ0v) is 13.4. The number of fused-ring (bicyclic) bond motifs is 2. The van der Waals surface area contributed by atoms with Gasteiger partial charge in [0.1, 0.15) is 5.75 Å². The first kappa shape index (κ1) is 15.3. The van der Waals surface area contributed by atoms with Gasteiger partial charge in [0, 0.05) is 31.3 Å². The SMILES string of the molecule is COCCNCc1c2c(nc3ccc(OC)cc13)CCCC2. The van der Waals surface area contributed by atoms with Crippen molar-refractivity contribution in [2.24, 2.45) is 0 Å². The van der Waals surface area contributed by atoms with Crippen LogP contribution < -0.4 is 10.1 Å². The van der Waals surface area contributed by atoms with Gasteiger partial charge in [-0.1, -0.05) is 0 Å². The number of nitrogens with zero attached hydrogens (tertiary/aromatic N) is 1. The molecule has 0 bridgehead atoms. The Morgan fingerprint density at radius 2 is 2.05 bits per heavy atom. The van der Waals surface area contributed by atoms with Crippen LogP contribution in [-0.2, 0) is 24.1 Å². The molecule has 0 saturated heterocycles. The van der Waals surface area contributed by atoms with E-state index in [-0.39, 0.29) is 0 Å². The van der Waals surface area contributed by atoms with Crippen molar-refractivity contribution in [2.45, 2.75) is 32.2 Å². The lowest BCUT2D eigenvalue weighted by Crippen LogP contribution is -2.21. The van der Waals surface area contributed by atoms with Gasteiger partial charge < -0.3 is 14.8 Å². The summed E-state index contributed by atoms with van der Waals surface area (Å²) in [7, 11) is 3.44. The van der Waals surface area contributed by atoms with E-state index in [1.54, 1.807) is 14.2 Å². The molecule has 2 aromatic rings. The Hall–Kier alpha value is -1.65. The van der Waals surface area contributed by atoms with E-state index in [4.69, 9.17) is 14.5 Å². The Bertz CT molecular complexity index is 655. The maximum atomic E-state index is 5.40. The summed E-state index contributed by atoms with van der Waals surface area (Å²) in [6.07, 6.45) is 4.74. The Morgan fingerprint density at radius 1 is 1.18 bits per heavy atom. The minimum Gasteiger partial charge on any atom is -0.497 e. The number of methoxy groups -OCH3 is 2. The van der Waals surface area contributed by atoms with Gasteiger partial charge in [-0.2, -0.15) is 0 Å². The van der Waals surface area contributed by atoms with Crippen LogP contribution >= 0.6 is 0 Å². The van der Waals surface area contributed by atoms with Crippen molar-refractivity contribution in [3.63, 3.8) is 0 Å². The second-order valence-corrected chi connectivity index (χ2v) is 5.78. The number of benzene rings is 1. The van der Waals surface area contributed by atoms with E-state index in [1.165, 1.54) is 35.0 Å². The number of pyridine rings is 1. The molecule has 1 aromatic carbocycles. The van der Waals surface area contributed by atoms with E-state index < -0.39 is 0 Å². The van der Waals surface area contributed by atoms with E-state index in [9.17, 15) is 0 Å². The van der Waals surface area contributed by atoms with Crippen LogP contribution in [0.25, 0.3) is 10.9 Å². The Balaban J connectivity index is 2.02. The molecule has 0 atom stereocenters. The molecule has 0 fully saturated rings. The molecule has 0 amide bonds. The summed E-state index contributed by atoms with van der Waals surface area (Å²) in [5.41, 5.74) is 5.18. The predicted molar refractivity (Wildman–Crippen MR) is 88.5 cm³/mol. The van der Waals surface area contributed by atoms with Crippen molar-refractivity contribution in [3.8, 4) is 5.75 Å². The quantitative estimate of drug-likeness (QED) is 0.833. The molecule has 4 nitrogen and oxygen atoms in total. The predicted octanol–water partition coefficient (Wildman–Crippen LogP) is 2.86. The van der Waals surface area contributed by atoms with E-state index in [2.05, 4.69) is 17.4 Å².